The van der Waals surface area contributed by atoms with Crippen molar-refractivity contribution in [2.24, 2.45) is 0 Å². The highest BCUT2D eigenvalue weighted by Gasteiger charge is 2.32. The molecule has 10 nitrogen and oxygen atoms in total. The SMILES string of the molecule is CCOP(=O)(OCC)Oc1ccc2ccccc2c1-c1c2ccccc2cc2cc(-c3ccc(-c4cc5cc6ccccc6c(-c6c(OP(=O)(OCC)OCC)ccc7ccccc67)c5o4)cc3)oc12. The average Bonchev–Trinajstić information content (AvgIpc) is 4.00. The molecule has 0 spiro atoms. The Morgan fingerprint density at radius 2 is 0.686 bits per heavy atom. The van der Waals surface area contributed by atoms with Crippen LogP contribution >= 0.6 is 15.6 Å². The van der Waals surface area contributed by atoms with Crippen LogP contribution in [-0.2, 0) is 27.2 Å². The van der Waals surface area contributed by atoms with E-state index >= 15 is 0 Å². The van der Waals surface area contributed by atoms with Crippen molar-refractivity contribution in [3.63, 3.8) is 0 Å². The van der Waals surface area contributed by atoms with Crippen molar-refractivity contribution in [1.82, 2.24) is 0 Å². The molecule has 0 saturated carbocycles. The minimum atomic E-state index is -3.99. The maximum Gasteiger partial charge on any atom is 0.530 e. The topological polar surface area (TPSA) is 116 Å². The molecule has 350 valence electrons. The van der Waals surface area contributed by atoms with Gasteiger partial charge in [-0.25, -0.2) is 9.13 Å². The van der Waals surface area contributed by atoms with Crippen LogP contribution in [0.25, 0.3) is 110 Å². The summed E-state index contributed by atoms with van der Waals surface area (Å²) < 4.78 is 76.9. The van der Waals surface area contributed by atoms with Crippen LogP contribution in [0.3, 0.4) is 0 Å². The van der Waals surface area contributed by atoms with Crippen LogP contribution in [0.1, 0.15) is 27.7 Å². The molecule has 11 aromatic rings. The molecule has 12 heteroatoms. The molecule has 0 atom stereocenters. The van der Waals surface area contributed by atoms with E-state index in [4.69, 9.17) is 36.0 Å². The number of benzene rings is 9. The van der Waals surface area contributed by atoms with Gasteiger partial charge in [-0.3, -0.25) is 18.1 Å². The second-order valence-corrected chi connectivity index (χ2v) is 19.8. The number of phosphoric ester groups is 2. The lowest BCUT2D eigenvalue weighted by Crippen LogP contribution is -2.03. The molecule has 70 heavy (non-hydrogen) atoms. The van der Waals surface area contributed by atoms with Crippen molar-refractivity contribution >= 4 is 80.7 Å². The van der Waals surface area contributed by atoms with Crippen molar-refractivity contribution in [3.8, 4) is 56.4 Å². The van der Waals surface area contributed by atoms with Gasteiger partial charge in [0.25, 0.3) is 0 Å². The summed E-state index contributed by atoms with van der Waals surface area (Å²) in [6, 6.07) is 56.4. The lowest BCUT2D eigenvalue weighted by atomic mass is 9.91. The second kappa shape index (κ2) is 18.7. The van der Waals surface area contributed by atoms with E-state index < -0.39 is 15.6 Å². The predicted molar refractivity (Wildman–Crippen MR) is 281 cm³/mol. The highest BCUT2D eigenvalue weighted by atomic mass is 31.2. The van der Waals surface area contributed by atoms with Gasteiger partial charge in [-0.1, -0.05) is 133 Å². The van der Waals surface area contributed by atoms with Crippen LogP contribution in [-0.4, -0.2) is 26.4 Å². The van der Waals surface area contributed by atoms with Crippen molar-refractivity contribution in [2.75, 3.05) is 26.4 Å². The number of hydrogen-bond acceptors (Lipinski definition) is 10. The van der Waals surface area contributed by atoms with E-state index in [1.54, 1.807) is 27.7 Å². The first-order valence-electron chi connectivity index (χ1n) is 23.4. The van der Waals surface area contributed by atoms with Gasteiger partial charge >= 0.3 is 15.6 Å². The van der Waals surface area contributed by atoms with E-state index in [0.717, 1.165) is 76.1 Å². The Balaban J connectivity index is 1.04. The normalized spacial score (nSPS) is 12.3. The van der Waals surface area contributed by atoms with Crippen LogP contribution in [0.2, 0.25) is 0 Å². The molecule has 0 unspecified atom stereocenters. The first-order valence-corrected chi connectivity index (χ1v) is 26.4. The summed E-state index contributed by atoms with van der Waals surface area (Å²) in [7, 11) is -7.98. The summed E-state index contributed by atoms with van der Waals surface area (Å²) >= 11 is 0. The number of phosphoric acid groups is 2. The molecular weight excluding hydrogens is 919 g/mol. The Morgan fingerprint density at radius 3 is 1.04 bits per heavy atom. The lowest BCUT2D eigenvalue weighted by Gasteiger charge is -2.21. The third-order valence-electron chi connectivity index (χ3n) is 12.4. The molecule has 0 aliphatic rings. The zero-order valence-corrected chi connectivity index (χ0v) is 40.8. The third-order valence-corrected chi connectivity index (χ3v) is 15.5. The molecule has 0 amide bonds. The highest BCUT2D eigenvalue weighted by molar-refractivity contribution is 7.49. The van der Waals surface area contributed by atoms with E-state index in [1.165, 1.54) is 0 Å². The summed E-state index contributed by atoms with van der Waals surface area (Å²) in [5, 5.41) is 9.38. The maximum absolute atomic E-state index is 14.0. The predicted octanol–water partition coefficient (Wildman–Crippen LogP) is 17.6. The van der Waals surface area contributed by atoms with Gasteiger partial charge in [0.05, 0.1) is 26.4 Å². The van der Waals surface area contributed by atoms with Crippen LogP contribution in [0.5, 0.6) is 11.5 Å². The molecule has 0 fully saturated rings. The summed E-state index contributed by atoms with van der Waals surface area (Å²) in [4.78, 5) is 0. The standard InChI is InChI=1S/C58H48O10P2/c1-5-61-69(59,62-6-2)67-49-31-29-37-17-9-13-21-45(37)53(49)55-47-23-15-11-19-41(47)33-43-35-51(65-57(43)55)39-25-27-40(28-26-39)52-36-44-34-42-20-12-16-24-48(42)56(58(44)66-52)54-46-22-14-10-18-38(46)30-32-50(54)68-70(60,63-7-3)64-8-4/h9-36H,5-8H2,1-4H3. The number of furan rings is 2. The van der Waals surface area contributed by atoms with Gasteiger partial charge < -0.3 is 17.9 Å². The zero-order chi connectivity index (χ0) is 48.0. The van der Waals surface area contributed by atoms with Gasteiger partial charge in [-0.15, -0.1) is 0 Å². The van der Waals surface area contributed by atoms with E-state index in [-0.39, 0.29) is 26.4 Å². The Labute approximate surface area is 404 Å². The summed E-state index contributed by atoms with van der Waals surface area (Å²) in [6.45, 7) is 7.59. The number of rotatable bonds is 16. The molecular formula is C58H48O10P2. The quantitative estimate of drug-likeness (QED) is 0.0867. The van der Waals surface area contributed by atoms with Crippen LogP contribution in [0.15, 0.2) is 179 Å². The van der Waals surface area contributed by atoms with Crippen molar-refractivity contribution in [3.05, 3.63) is 170 Å². The highest BCUT2D eigenvalue weighted by Crippen LogP contribution is 2.56. The molecule has 0 saturated heterocycles. The monoisotopic (exact) mass is 966 g/mol. The third kappa shape index (κ3) is 8.27. The summed E-state index contributed by atoms with van der Waals surface area (Å²) in [6.07, 6.45) is 0. The lowest BCUT2D eigenvalue weighted by molar-refractivity contribution is 0.166. The smallest absolute Gasteiger partial charge is 0.455 e. The molecule has 2 heterocycles. The molecule has 0 bridgehead atoms. The van der Waals surface area contributed by atoms with Crippen LogP contribution < -0.4 is 9.05 Å². The second-order valence-electron chi connectivity index (χ2n) is 16.6. The minimum absolute atomic E-state index is 0.143. The molecule has 0 radical (unpaired) electrons. The Morgan fingerprint density at radius 1 is 0.357 bits per heavy atom. The van der Waals surface area contributed by atoms with Gasteiger partial charge in [0.2, 0.25) is 0 Å². The fourth-order valence-corrected chi connectivity index (χ4v) is 11.9. The molecule has 2 aromatic heterocycles. The van der Waals surface area contributed by atoms with Crippen LogP contribution in [0, 0.1) is 0 Å². The van der Waals surface area contributed by atoms with Crippen molar-refractivity contribution < 1.29 is 45.1 Å². The first kappa shape index (κ1) is 45.4. The fourth-order valence-electron chi connectivity index (χ4n) is 9.50. The van der Waals surface area contributed by atoms with E-state index in [9.17, 15) is 9.13 Å². The fraction of sp³-hybridized carbons (Fsp3) is 0.138. The van der Waals surface area contributed by atoms with Crippen molar-refractivity contribution in [1.29, 1.82) is 0 Å². The summed E-state index contributed by atoms with van der Waals surface area (Å²) in [5.41, 5.74) is 6.03. The largest absolute Gasteiger partial charge is 0.530 e. The number of fused-ring (bicyclic) bond motifs is 6. The molecule has 0 aliphatic carbocycles. The van der Waals surface area contributed by atoms with E-state index in [1.807, 2.05) is 121 Å². The van der Waals surface area contributed by atoms with E-state index in [2.05, 4.69) is 48.5 Å². The maximum atomic E-state index is 14.0. The molecule has 0 N–H and O–H groups in total. The van der Waals surface area contributed by atoms with Crippen LogP contribution in [0.4, 0.5) is 0 Å². The van der Waals surface area contributed by atoms with Gasteiger partial charge in [0, 0.05) is 44.2 Å². The van der Waals surface area contributed by atoms with Gasteiger partial charge in [0.1, 0.15) is 34.2 Å². The van der Waals surface area contributed by atoms with Gasteiger partial charge in [-0.2, -0.15) is 0 Å². The molecule has 9 aromatic carbocycles. The molecule has 11 rings (SSSR count). The van der Waals surface area contributed by atoms with Gasteiger partial charge in [0.15, 0.2) is 0 Å². The van der Waals surface area contributed by atoms with Gasteiger partial charge in [-0.05, 0) is 107 Å². The molecule has 0 aliphatic heterocycles. The number of hydrogen-bond donors (Lipinski definition) is 0. The average molecular weight is 967 g/mol. The zero-order valence-electron chi connectivity index (χ0n) is 39.0. The van der Waals surface area contributed by atoms with Crippen molar-refractivity contribution in [2.45, 2.75) is 27.7 Å². The first-order chi connectivity index (χ1) is 34.2. The summed E-state index contributed by atoms with van der Waals surface area (Å²) in [5.74, 6) is 2.03. The Bertz CT molecular complexity index is 3600. The Hall–Kier alpha value is -7.00. The Kier molecular flexibility index (Phi) is 12.2. The van der Waals surface area contributed by atoms with E-state index in [0.29, 0.717) is 45.3 Å². The minimum Gasteiger partial charge on any atom is -0.455 e.